The molecule has 0 saturated heterocycles. The van der Waals surface area contributed by atoms with Crippen molar-refractivity contribution in [2.24, 2.45) is 5.10 Å². The number of hydrogen-bond acceptors (Lipinski definition) is 3. The van der Waals surface area contributed by atoms with Gasteiger partial charge in [0.25, 0.3) is 0 Å². The van der Waals surface area contributed by atoms with Gasteiger partial charge in [0.05, 0.1) is 6.21 Å². The Bertz CT molecular complexity index is 58.7. The van der Waals surface area contributed by atoms with Crippen molar-refractivity contribution in [2.75, 3.05) is 7.05 Å². The van der Waals surface area contributed by atoms with Crippen LogP contribution >= 0.6 is 0 Å². The molecule has 3 nitrogen and oxygen atoms in total. The Morgan fingerprint density at radius 1 is 1.50 bits per heavy atom. The molecule has 0 aromatic carbocycles. The van der Waals surface area contributed by atoms with Crippen molar-refractivity contribution in [3.63, 3.8) is 0 Å². The highest BCUT2D eigenvalue weighted by atomic mass is 15.3. The molecule has 0 aromatic heterocycles. The number of hydrazone groups is 1. The first-order valence-electron chi connectivity index (χ1n) is 2.60. The minimum absolute atomic E-state index is 1.11. The quantitative estimate of drug-likeness (QED) is 0.407. The fourth-order valence-corrected chi connectivity index (χ4v) is 0.112. The lowest BCUT2D eigenvalue weighted by Gasteiger charge is -1.76. The molecule has 48 valence electrons. The minimum Gasteiger partial charge on any atom is -0.313 e. The number of nitrogens with one attached hydrogen (secondary N) is 2. The van der Waals surface area contributed by atoms with Gasteiger partial charge in [-0.2, -0.15) is 5.10 Å². The third kappa shape index (κ3) is 19.2. The van der Waals surface area contributed by atoms with Crippen LogP contribution in [0.3, 0.4) is 0 Å². The molecule has 0 fully saturated rings. The summed E-state index contributed by atoms with van der Waals surface area (Å²) in [6.07, 6.45) is 2.47. The van der Waals surface area contributed by atoms with Crippen molar-refractivity contribution in [1.29, 1.82) is 5.41 Å². The van der Waals surface area contributed by atoms with E-state index in [-0.39, 0.29) is 0 Å². The van der Waals surface area contributed by atoms with E-state index in [1.54, 1.807) is 7.05 Å². The number of hydrogen-bond donors (Lipinski definition) is 2. The van der Waals surface area contributed by atoms with Gasteiger partial charge >= 0.3 is 0 Å². The van der Waals surface area contributed by atoms with Gasteiger partial charge in [-0.1, -0.05) is 13.8 Å². The Morgan fingerprint density at radius 3 is 2.12 bits per heavy atom. The molecule has 2 N–H and O–H groups in total. The summed E-state index contributed by atoms with van der Waals surface area (Å²) < 4.78 is 0. The van der Waals surface area contributed by atoms with E-state index in [1.165, 1.54) is 6.21 Å². The minimum atomic E-state index is 1.11. The molecule has 0 rings (SSSR count). The molecule has 8 heavy (non-hydrogen) atoms. The number of nitrogens with zero attached hydrogens (tertiary/aromatic N) is 1. The second-order valence-corrected chi connectivity index (χ2v) is 0.668. The normalized spacial score (nSPS) is 7.38. The van der Waals surface area contributed by atoms with E-state index in [0.29, 0.717) is 0 Å². The van der Waals surface area contributed by atoms with Crippen molar-refractivity contribution in [3.8, 4) is 0 Å². The molecule has 0 saturated carbocycles. The van der Waals surface area contributed by atoms with Crippen LogP contribution in [-0.2, 0) is 0 Å². The molecular weight excluding hydrogens is 102 g/mol. The summed E-state index contributed by atoms with van der Waals surface area (Å²) in [7, 11) is 1.68. The smallest absolute Gasteiger partial charge is 0.0643 e. The zero-order valence-electron chi connectivity index (χ0n) is 5.60. The molecule has 0 bridgehead atoms. The maximum Gasteiger partial charge on any atom is 0.0643 e. The van der Waals surface area contributed by atoms with Crippen LogP contribution in [0.5, 0.6) is 0 Å². The van der Waals surface area contributed by atoms with Crippen molar-refractivity contribution in [3.05, 3.63) is 0 Å². The molecule has 0 aromatic rings. The molecular formula is C5H13N3. The Balaban J connectivity index is 0. The van der Waals surface area contributed by atoms with Gasteiger partial charge in [0, 0.05) is 13.3 Å². The maximum absolute atomic E-state index is 6.39. The van der Waals surface area contributed by atoms with Gasteiger partial charge in [-0.15, -0.1) is 0 Å². The third-order valence-electron chi connectivity index (χ3n) is 0.278. The van der Waals surface area contributed by atoms with Gasteiger partial charge in [0.1, 0.15) is 0 Å². The van der Waals surface area contributed by atoms with E-state index in [9.17, 15) is 0 Å². The van der Waals surface area contributed by atoms with Crippen LogP contribution < -0.4 is 5.43 Å². The molecule has 0 radical (unpaired) electrons. The second-order valence-electron chi connectivity index (χ2n) is 0.668. The average molecular weight is 115 g/mol. The zero-order chi connectivity index (χ0) is 6.83. The van der Waals surface area contributed by atoms with E-state index in [4.69, 9.17) is 5.41 Å². The summed E-state index contributed by atoms with van der Waals surface area (Å²) in [5.74, 6) is 0. The van der Waals surface area contributed by atoms with Crippen LogP contribution in [0.25, 0.3) is 0 Å². The monoisotopic (exact) mass is 115 g/mol. The second kappa shape index (κ2) is 16.5. The first-order chi connectivity index (χ1) is 3.91. The van der Waals surface area contributed by atoms with Gasteiger partial charge in [-0.3, -0.25) is 0 Å². The summed E-state index contributed by atoms with van der Waals surface area (Å²) in [5.41, 5.74) is 2.49. The van der Waals surface area contributed by atoms with E-state index >= 15 is 0 Å². The lowest BCUT2D eigenvalue weighted by Crippen LogP contribution is -1.93. The maximum atomic E-state index is 6.39. The molecule has 0 aliphatic carbocycles. The number of rotatable bonds is 2. The van der Waals surface area contributed by atoms with Crippen molar-refractivity contribution in [2.45, 2.75) is 13.8 Å². The first kappa shape index (κ1) is 10.2. The van der Waals surface area contributed by atoms with Gasteiger partial charge in [0.15, 0.2) is 0 Å². The molecule has 0 aliphatic heterocycles. The highest BCUT2D eigenvalue weighted by Crippen LogP contribution is 1.41. The topological polar surface area (TPSA) is 48.2 Å². The summed E-state index contributed by atoms with van der Waals surface area (Å²) >= 11 is 0. The standard InChI is InChI=1S/C3H7N3.C2H6/c1-5-6-3-2-4;1-2/h2-5H,1H3;1-2H3/b4-2?,6-3-;. The summed E-state index contributed by atoms with van der Waals surface area (Å²) in [6, 6.07) is 0. The summed E-state index contributed by atoms with van der Waals surface area (Å²) in [6.45, 7) is 4.00. The van der Waals surface area contributed by atoms with Crippen LogP contribution in [0.2, 0.25) is 0 Å². The van der Waals surface area contributed by atoms with Gasteiger partial charge < -0.3 is 10.8 Å². The Hall–Kier alpha value is -0.860. The van der Waals surface area contributed by atoms with Crippen molar-refractivity contribution < 1.29 is 0 Å². The van der Waals surface area contributed by atoms with E-state index in [0.717, 1.165) is 6.21 Å². The molecule has 0 amide bonds. The third-order valence-corrected chi connectivity index (χ3v) is 0.278. The predicted octanol–water partition coefficient (Wildman–Crippen LogP) is 0.867. The summed E-state index contributed by atoms with van der Waals surface area (Å²) in [4.78, 5) is 0. The van der Waals surface area contributed by atoms with Crippen LogP contribution in [0.15, 0.2) is 5.10 Å². The van der Waals surface area contributed by atoms with Crippen molar-refractivity contribution in [1.82, 2.24) is 5.43 Å². The van der Waals surface area contributed by atoms with Gasteiger partial charge in [-0.25, -0.2) is 0 Å². The fraction of sp³-hybridized carbons (Fsp3) is 0.600. The van der Waals surface area contributed by atoms with E-state index in [1.807, 2.05) is 13.8 Å². The van der Waals surface area contributed by atoms with Crippen LogP contribution in [0, 0.1) is 5.41 Å². The Morgan fingerprint density at radius 2 is 2.00 bits per heavy atom. The lowest BCUT2D eigenvalue weighted by atomic mass is 10.8. The fourth-order valence-electron chi connectivity index (χ4n) is 0.112. The molecule has 3 heteroatoms. The Kier molecular flexibility index (Phi) is 21.0. The average Bonchev–Trinajstić information content (AvgIpc) is 1.88. The van der Waals surface area contributed by atoms with E-state index in [2.05, 4.69) is 10.5 Å². The van der Waals surface area contributed by atoms with Crippen LogP contribution in [0.4, 0.5) is 0 Å². The van der Waals surface area contributed by atoms with E-state index < -0.39 is 0 Å². The van der Waals surface area contributed by atoms with Crippen LogP contribution in [-0.4, -0.2) is 19.5 Å². The molecule has 0 heterocycles. The van der Waals surface area contributed by atoms with Gasteiger partial charge in [0.2, 0.25) is 0 Å². The Labute approximate surface area is 50.3 Å². The zero-order valence-corrected chi connectivity index (χ0v) is 5.60. The molecule has 0 aliphatic rings. The largest absolute Gasteiger partial charge is 0.313 e. The highest BCUT2D eigenvalue weighted by molar-refractivity contribution is 6.14. The SMILES string of the molecule is CC.CN/N=C\C=N. The molecule has 0 spiro atoms. The molecule has 0 atom stereocenters. The first-order valence-corrected chi connectivity index (χ1v) is 2.60. The van der Waals surface area contributed by atoms with Gasteiger partial charge in [-0.05, 0) is 0 Å². The molecule has 0 unspecified atom stereocenters. The summed E-state index contributed by atoms with van der Waals surface area (Å²) in [5, 5.41) is 9.86. The highest BCUT2D eigenvalue weighted by Gasteiger charge is 1.51. The predicted molar refractivity (Wildman–Crippen MR) is 37.7 cm³/mol. The van der Waals surface area contributed by atoms with Crippen LogP contribution in [0.1, 0.15) is 13.8 Å². The lowest BCUT2D eigenvalue weighted by molar-refractivity contribution is 0.910. The van der Waals surface area contributed by atoms with Crippen molar-refractivity contribution >= 4 is 12.4 Å².